The topological polar surface area (TPSA) is 84.2 Å². The van der Waals surface area contributed by atoms with Gasteiger partial charge in [-0.25, -0.2) is 18.1 Å². The van der Waals surface area contributed by atoms with Gasteiger partial charge in [-0.2, -0.15) is 11.8 Å². The fourth-order valence-electron chi connectivity index (χ4n) is 1.34. The van der Waals surface area contributed by atoms with E-state index >= 15 is 0 Å². The normalized spacial score (nSPS) is 15.6. The van der Waals surface area contributed by atoms with E-state index in [-0.39, 0.29) is 11.6 Å². The maximum absolute atomic E-state index is 11.9. The highest BCUT2D eigenvalue weighted by molar-refractivity contribution is 7.98. The average Bonchev–Trinajstić information content (AvgIpc) is 2.58. The van der Waals surface area contributed by atoms with Gasteiger partial charge >= 0.3 is 0 Å². The molecule has 1 atom stereocenters. The Morgan fingerprint density at radius 2 is 2.22 bits per heavy atom. The summed E-state index contributed by atoms with van der Waals surface area (Å²) in [5, 5.41) is 9.89. The van der Waals surface area contributed by atoms with E-state index < -0.39 is 15.6 Å². The van der Waals surface area contributed by atoms with E-state index in [0.717, 1.165) is 0 Å². The van der Waals surface area contributed by atoms with Crippen molar-refractivity contribution < 1.29 is 13.5 Å². The van der Waals surface area contributed by atoms with Gasteiger partial charge in [0, 0.05) is 25.5 Å². The first-order valence-electron chi connectivity index (χ1n) is 5.39. The van der Waals surface area contributed by atoms with Gasteiger partial charge in [0.25, 0.3) is 10.0 Å². The van der Waals surface area contributed by atoms with E-state index in [0.29, 0.717) is 11.6 Å². The predicted molar refractivity (Wildman–Crippen MR) is 72.1 cm³/mol. The lowest BCUT2D eigenvalue weighted by Crippen LogP contribution is -2.42. The standard InChI is InChI=1S/C10H19N3O3S2/c1-8-12-9(5-13(8)3)18(15,16)11-6-10(2,14)7-17-4/h5,11,14H,6-7H2,1-4H3. The van der Waals surface area contributed by atoms with Gasteiger partial charge in [0.15, 0.2) is 5.03 Å². The van der Waals surface area contributed by atoms with Gasteiger partial charge in [-0.3, -0.25) is 0 Å². The van der Waals surface area contributed by atoms with E-state index in [1.807, 2.05) is 6.26 Å². The monoisotopic (exact) mass is 293 g/mol. The van der Waals surface area contributed by atoms with Crippen molar-refractivity contribution in [2.75, 3.05) is 18.6 Å². The van der Waals surface area contributed by atoms with Crippen LogP contribution in [0.3, 0.4) is 0 Å². The summed E-state index contributed by atoms with van der Waals surface area (Å²) in [4.78, 5) is 3.95. The first kappa shape index (κ1) is 15.5. The van der Waals surface area contributed by atoms with Crippen molar-refractivity contribution in [3.63, 3.8) is 0 Å². The Kier molecular flexibility index (Phi) is 4.82. The molecule has 104 valence electrons. The Morgan fingerprint density at radius 3 is 2.67 bits per heavy atom. The van der Waals surface area contributed by atoms with Crippen LogP contribution in [0.25, 0.3) is 0 Å². The SMILES string of the molecule is CSCC(C)(O)CNS(=O)(=O)c1cn(C)c(C)n1. The molecule has 1 aromatic rings. The number of nitrogens with one attached hydrogen (secondary N) is 1. The second-order valence-corrected chi connectivity index (χ2v) is 7.07. The quantitative estimate of drug-likeness (QED) is 0.778. The zero-order chi connectivity index (χ0) is 14.0. The number of aromatic nitrogens is 2. The Balaban J connectivity index is 2.77. The molecule has 0 bridgehead atoms. The fraction of sp³-hybridized carbons (Fsp3) is 0.700. The minimum Gasteiger partial charge on any atom is -0.388 e. The highest BCUT2D eigenvalue weighted by Gasteiger charge is 2.25. The molecule has 0 spiro atoms. The second kappa shape index (κ2) is 5.60. The highest BCUT2D eigenvalue weighted by atomic mass is 32.2. The molecule has 0 aliphatic rings. The smallest absolute Gasteiger partial charge is 0.259 e. The third-order valence-electron chi connectivity index (χ3n) is 2.46. The molecule has 0 fully saturated rings. The molecule has 18 heavy (non-hydrogen) atoms. The van der Waals surface area contributed by atoms with Gasteiger partial charge in [-0.1, -0.05) is 0 Å². The number of rotatable bonds is 6. The highest BCUT2D eigenvalue weighted by Crippen LogP contribution is 2.12. The summed E-state index contributed by atoms with van der Waals surface area (Å²) in [6.45, 7) is 3.28. The van der Waals surface area contributed by atoms with E-state index in [1.54, 1.807) is 25.5 Å². The van der Waals surface area contributed by atoms with Gasteiger partial charge in [0.05, 0.1) is 5.60 Å². The van der Waals surface area contributed by atoms with Crippen LogP contribution >= 0.6 is 11.8 Å². The lowest BCUT2D eigenvalue weighted by atomic mass is 10.1. The van der Waals surface area contributed by atoms with Crippen LogP contribution in [0, 0.1) is 6.92 Å². The van der Waals surface area contributed by atoms with Crippen molar-refractivity contribution in [1.29, 1.82) is 0 Å². The van der Waals surface area contributed by atoms with Gasteiger partial charge in [-0.15, -0.1) is 0 Å². The average molecular weight is 293 g/mol. The number of imidazole rings is 1. The summed E-state index contributed by atoms with van der Waals surface area (Å²) in [6, 6.07) is 0. The van der Waals surface area contributed by atoms with Crippen molar-refractivity contribution in [3.8, 4) is 0 Å². The van der Waals surface area contributed by atoms with Crippen LogP contribution in [0.5, 0.6) is 0 Å². The largest absolute Gasteiger partial charge is 0.388 e. The van der Waals surface area contributed by atoms with Crippen LogP contribution in [0.2, 0.25) is 0 Å². The molecule has 0 saturated heterocycles. The first-order valence-corrected chi connectivity index (χ1v) is 8.26. The molecule has 0 aromatic carbocycles. The number of hydrogen-bond acceptors (Lipinski definition) is 5. The number of hydrogen-bond donors (Lipinski definition) is 2. The Hall–Kier alpha value is -0.570. The number of sulfonamides is 1. The summed E-state index contributed by atoms with van der Waals surface area (Å²) in [7, 11) is -1.94. The second-order valence-electron chi connectivity index (χ2n) is 4.49. The molecule has 1 rings (SSSR count). The molecule has 0 amide bonds. The molecule has 1 heterocycles. The maximum atomic E-state index is 11.9. The molecule has 0 saturated carbocycles. The van der Waals surface area contributed by atoms with Gasteiger partial charge < -0.3 is 9.67 Å². The molecule has 1 unspecified atom stereocenters. The predicted octanol–water partition coefficient (Wildman–Crippen LogP) is 0.121. The van der Waals surface area contributed by atoms with Crippen LogP contribution < -0.4 is 4.72 Å². The van der Waals surface area contributed by atoms with Gasteiger partial charge in [-0.05, 0) is 20.1 Å². The van der Waals surface area contributed by atoms with Crippen molar-refractivity contribution in [3.05, 3.63) is 12.0 Å². The molecule has 0 aliphatic heterocycles. The first-order chi connectivity index (χ1) is 8.18. The molecular weight excluding hydrogens is 274 g/mol. The Morgan fingerprint density at radius 1 is 1.61 bits per heavy atom. The summed E-state index contributed by atoms with van der Waals surface area (Å²) < 4.78 is 27.9. The lowest BCUT2D eigenvalue weighted by molar-refractivity contribution is 0.0908. The summed E-state index contributed by atoms with van der Waals surface area (Å²) in [6.07, 6.45) is 3.30. The zero-order valence-corrected chi connectivity index (χ0v) is 12.6. The summed E-state index contributed by atoms with van der Waals surface area (Å²) in [5.41, 5.74) is -1.07. The van der Waals surface area contributed by atoms with E-state index in [1.165, 1.54) is 18.0 Å². The van der Waals surface area contributed by atoms with Crippen molar-refractivity contribution >= 4 is 21.8 Å². The number of aryl methyl sites for hydroxylation is 2. The molecule has 0 aliphatic carbocycles. The number of thioether (sulfide) groups is 1. The number of aliphatic hydroxyl groups is 1. The summed E-state index contributed by atoms with van der Waals surface area (Å²) in [5.74, 6) is 1.07. The Bertz CT molecular complexity index is 489. The van der Waals surface area contributed by atoms with Crippen molar-refractivity contribution in [2.24, 2.45) is 7.05 Å². The Labute approximate surface area is 112 Å². The van der Waals surface area contributed by atoms with Crippen molar-refractivity contribution in [1.82, 2.24) is 14.3 Å². The molecular formula is C10H19N3O3S2. The van der Waals surface area contributed by atoms with E-state index in [2.05, 4.69) is 9.71 Å². The number of nitrogens with zero attached hydrogens (tertiary/aromatic N) is 2. The van der Waals surface area contributed by atoms with E-state index in [9.17, 15) is 13.5 Å². The summed E-state index contributed by atoms with van der Waals surface area (Å²) >= 11 is 1.46. The zero-order valence-electron chi connectivity index (χ0n) is 11.0. The van der Waals surface area contributed by atoms with Crippen LogP contribution in [-0.4, -0.2) is 47.2 Å². The van der Waals surface area contributed by atoms with Crippen LogP contribution in [0.4, 0.5) is 0 Å². The van der Waals surface area contributed by atoms with Gasteiger partial charge in [0.1, 0.15) is 5.82 Å². The fourth-order valence-corrected chi connectivity index (χ4v) is 3.26. The van der Waals surface area contributed by atoms with Gasteiger partial charge in [0.2, 0.25) is 0 Å². The lowest BCUT2D eigenvalue weighted by Gasteiger charge is -2.21. The van der Waals surface area contributed by atoms with Crippen molar-refractivity contribution in [2.45, 2.75) is 24.5 Å². The van der Waals surface area contributed by atoms with Crippen LogP contribution in [-0.2, 0) is 17.1 Å². The molecule has 6 nitrogen and oxygen atoms in total. The third-order valence-corrected chi connectivity index (χ3v) is 4.64. The van der Waals surface area contributed by atoms with Crippen LogP contribution in [0.15, 0.2) is 11.2 Å². The van der Waals surface area contributed by atoms with Crippen LogP contribution in [0.1, 0.15) is 12.7 Å². The minimum absolute atomic E-state index is 0.0255. The minimum atomic E-state index is -3.66. The molecule has 0 radical (unpaired) electrons. The maximum Gasteiger partial charge on any atom is 0.259 e. The molecule has 8 heteroatoms. The third kappa shape index (κ3) is 3.98. The molecule has 2 N–H and O–H groups in total. The molecule has 1 aromatic heterocycles. The van der Waals surface area contributed by atoms with E-state index in [4.69, 9.17) is 0 Å².